The first-order valence-corrected chi connectivity index (χ1v) is 13.9. The normalized spacial score (nSPS) is 28.1. The van der Waals surface area contributed by atoms with E-state index in [1.165, 1.54) is 6.07 Å². The molecule has 6 atom stereocenters. The lowest BCUT2D eigenvalue weighted by atomic mass is 9.80. The monoisotopic (exact) mass is 548 g/mol. The van der Waals surface area contributed by atoms with Crippen LogP contribution in [0.25, 0.3) is 0 Å². The number of likely N-dealkylation sites (N-methyl/N-ethyl adjacent to an activating group) is 1. The van der Waals surface area contributed by atoms with Crippen LogP contribution >= 0.6 is 23.2 Å². The summed E-state index contributed by atoms with van der Waals surface area (Å²) in [6.07, 6.45) is 1.23. The van der Waals surface area contributed by atoms with Crippen molar-refractivity contribution >= 4 is 40.1 Å². The van der Waals surface area contributed by atoms with Crippen LogP contribution in [0.4, 0.5) is 0 Å². The number of ether oxygens (including phenoxy) is 2. The lowest BCUT2D eigenvalue weighted by Gasteiger charge is -2.36. The van der Waals surface area contributed by atoms with Crippen LogP contribution in [0.5, 0.6) is 5.75 Å². The second-order valence-electron chi connectivity index (χ2n) is 11.2. The Morgan fingerprint density at radius 2 is 1.91 bits per heavy atom. The van der Waals surface area contributed by atoms with Crippen molar-refractivity contribution in [2.75, 3.05) is 20.2 Å². The minimum Gasteiger partial charge on any atom is -0.508 e. The number of carbonyl (C=O) groups excluding carboxylic acids is 1. The third-order valence-electron chi connectivity index (χ3n) is 6.94. The highest BCUT2D eigenvalue weighted by atomic mass is 35.5. The Bertz CT molecular complexity index is 968. The largest absolute Gasteiger partial charge is 0.508 e. The quantitative estimate of drug-likeness (QED) is 0.496. The highest BCUT2D eigenvalue weighted by molar-refractivity contribution is 7.84. The molecule has 0 aromatic heterocycles. The maximum Gasteiger partial charge on any atom is 0.254 e. The summed E-state index contributed by atoms with van der Waals surface area (Å²) >= 11 is 12.5. The number of halogens is 2. The predicted molar refractivity (Wildman–Crippen MR) is 140 cm³/mol. The average Bonchev–Trinajstić information content (AvgIpc) is 3.29. The number of benzene rings is 1. The van der Waals surface area contributed by atoms with Crippen molar-refractivity contribution in [3.05, 3.63) is 27.7 Å². The van der Waals surface area contributed by atoms with Gasteiger partial charge in [0.15, 0.2) is 11.9 Å². The number of phenolic OH excluding ortho intramolecular Hbond substituents is 1. The smallest absolute Gasteiger partial charge is 0.254 e. The van der Waals surface area contributed by atoms with Gasteiger partial charge < -0.3 is 19.5 Å². The zero-order chi connectivity index (χ0) is 26.3. The van der Waals surface area contributed by atoms with E-state index < -0.39 is 33.7 Å². The molecule has 2 fully saturated rings. The van der Waals surface area contributed by atoms with Crippen LogP contribution in [0.15, 0.2) is 12.1 Å². The number of phenols is 1. The maximum absolute atomic E-state index is 13.2. The fourth-order valence-corrected chi connectivity index (χ4v) is 6.28. The molecular weight excluding hydrogens is 511 g/mol. The zero-order valence-electron chi connectivity index (χ0n) is 21.6. The minimum absolute atomic E-state index is 0.00289. The van der Waals surface area contributed by atoms with Crippen molar-refractivity contribution in [1.82, 2.24) is 9.62 Å². The van der Waals surface area contributed by atoms with Crippen LogP contribution < -0.4 is 4.72 Å². The molecule has 1 aliphatic heterocycles. The summed E-state index contributed by atoms with van der Waals surface area (Å²) in [6, 6.07) is 2.64. The van der Waals surface area contributed by atoms with Gasteiger partial charge in [0.1, 0.15) is 5.75 Å². The van der Waals surface area contributed by atoms with Crippen LogP contribution in [0.1, 0.15) is 66.0 Å². The van der Waals surface area contributed by atoms with Gasteiger partial charge in [-0.25, -0.2) is 8.93 Å². The minimum atomic E-state index is -1.40. The molecule has 0 bridgehead atoms. The van der Waals surface area contributed by atoms with E-state index in [0.29, 0.717) is 17.1 Å². The molecule has 2 aliphatic rings. The van der Waals surface area contributed by atoms with Gasteiger partial charge in [-0.2, -0.15) is 0 Å². The molecule has 35 heavy (non-hydrogen) atoms. The number of carbonyl (C=O) groups is 1. The molecule has 10 heteroatoms. The molecule has 0 spiro atoms. The number of hydrogen-bond donors (Lipinski definition) is 2. The summed E-state index contributed by atoms with van der Waals surface area (Å²) in [6.45, 7) is 12.2. The van der Waals surface area contributed by atoms with Crippen molar-refractivity contribution in [3.63, 3.8) is 0 Å². The van der Waals surface area contributed by atoms with Gasteiger partial charge in [-0.3, -0.25) is 4.79 Å². The molecule has 3 rings (SSSR count). The van der Waals surface area contributed by atoms with Crippen molar-refractivity contribution in [1.29, 1.82) is 0 Å². The molecule has 0 radical (unpaired) electrons. The Morgan fingerprint density at radius 3 is 2.49 bits per heavy atom. The number of hydrogen-bond acceptors (Lipinski definition) is 5. The van der Waals surface area contributed by atoms with E-state index in [0.717, 1.165) is 12.8 Å². The maximum atomic E-state index is 13.2. The van der Waals surface area contributed by atoms with Crippen molar-refractivity contribution in [2.24, 2.45) is 17.8 Å². The summed E-state index contributed by atoms with van der Waals surface area (Å²) in [5.41, 5.74) is 0.559. The predicted octanol–water partition coefficient (Wildman–Crippen LogP) is 5.06. The summed E-state index contributed by atoms with van der Waals surface area (Å²) in [4.78, 5) is 14.8. The average molecular weight is 550 g/mol. The Hall–Kier alpha value is -0.900. The summed E-state index contributed by atoms with van der Waals surface area (Å²) < 4.78 is 27.3. The molecule has 5 unspecified atom stereocenters. The second kappa shape index (κ2) is 10.8. The van der Waals surface area contributed by atoms with E-state index in [1.54, 1.807) is 31.9 Å². The number of aromatic hydroxyl groups is 1. The SMILES string of the molecule is CC1CCC(CN(C)C(=O)[C@H]2COC(C)(C)O2)C1C(NS(=O)C(C)(C)C)c1cc(Cl)c(Cl)cc1O. The van der Waals surface area contributed by atoms with E-state index >= 15 is 0 Å². The van der Waals surface area contributed by atoms with Crippen LogP contribution in [0.2, 0.25) is 10.0 Å². The van der Waals surface area contributed by atoms with Crippen LogP contribution in [-0.2, 0) is 25.3 Å². The van der Waals surface area contributed by atoms with Crippen molar-refractivity contribution in [3.8, 4) is 5.75 Å². The lowest BCUT2D eigenvalue weighted by molar-refractivity contribution is -0.159. The van der Waals surface area contributed by atoms with Gasteiger partial charge >= 0.3 is 0 Å². The first-order chi connectivity index (χ1) is 16.1. The molecular formula is C25H38Cl2N2O5S. The van der Waals surface area contributed by atoms with E-state index in [-0.39, 0.29) is 41.0 Å². The van der Waals surface area contributed by atoms with Crippen molar-refractivity contribution < 1.29 is 23.6 Å². The first kappa shape index (κ1) is 28.7. The van der Waals surface area contributed by atoms with E-state index in [1.807, 2.05) is 20.8 Å². The highest BCUT2D eigenvalue weighted by Gasteiger charge is 2.44. The van der Waals surface area contributed by atoms with Gasteiger partial charge in [-0.1, -0.05) is 36.5 Å². The van der Waals surface area contributed by atoms with Gasteiger partial charge in [-0.15, -0.1) is 0 Å². The summed E-state index contributed by atoms with van der Waals surface area (Å²) in [7, 11) is 0.381. The molecule has 1 aromatic rings. The van der Waals surface area contributed by atoms with E-state index in [9.17, 15) is 14.1 Å². The van der Waals surface area contributed by atoms with Crippen LogP contribution in [0, 0.1) is 17.8 Å². The summed E-state index contributed by atoms with van der Waals surface area (Å²) in [5.74, 6) is -0.521. The van der Waals surface area contributed by atoms with Gasteiger partial charge in [0.05, 0.1) is 38.4 Å². The Labute approximate surface area is 221 Å². The molecule has 1 aromatic carbocycles. The van der Waals surface area contributed by atoms with Gasteiger partial charge in [-0.05, 0) is 64.9 Å². The number of nitrogens with one attached hydrogen (secondary N) is 1. The molecule has 1 heterocycles. The lowest BCUT2D eigenvalue weighted by Crippen LogP contribution is -2.44. The van der Waals surface area contributed by atoms with E-state index in [4.69, 9.17) is 32.7 Å². The molecule has 7 nitrogen and oxygen atoms in total. The molecule has 1 saturated heterocycles. The summed E-state index contributed by atoms with van der Waals surface area (Å²) in [5, 5.41) is 11.4. The zero-order valence-corrected chi connectivity index (χ0v) is 23.9. The molecule has 1 amide bonds. The molecule has 1 aliphatic carbocycles. The van der Waals surface area contributed by atoms with Gasteiger partial charge in [0.25, 0.3) is 5.91 Å². The fourth-order valence-electron chi connectivity index (χ4n) is 5.08. The van der Waals surface area contributed by atoms with Crippen LogP contribution in [-0.4, -0.2) is 57.0 Å². The third-order valence-corrected chi connectivity index (χ3v) is 9.24. The highest BCUT2D eigenvalue weighted by Crippen LogP contribution is 2.48. The number of rotatable bonds is 7. The van der Waals surface area contributed by atoms with Gasteiger partial charge in [0.2, 0.25) is 0 Å². The second-order valence-corrected chi connectivity index (χ2v) is 14.0. The van der Waals surface area contributed by atoms with Gasteiger partial charge in [0, 0.05) is 25.2 Å². The topological polar surface area (TPSA) is 88.1 Å². The Balaban J connectivity index is 1.89. The fraction of sp³-hybridized carbons (Fsp3) is 0.720. The standard InChI is InChI=1S/C25H38Cl2N2O5S/c1-14-8-9-15(12-29(7)23(31)20-13-33-25(5,6)34-20)21(14)22(28-35(32)24(2,3)4)16-10-17(26)18(27)11-19(16)30/h10-11,14-15,20-22,28,30H,8-9,12-13H2,1-7H3/t14?,15?,20-,21?,22?,35?/m1/s1. The molecule has 198 valence electrons. The van der Waals surface area contributed by atoms with Crippen molar-refractivity contribution in [2.45, 2.75) is 77.1 Å². The molecule has 1 saturated carbocycles. The van der Waals surface area contributed by atoms with Crippen LogP contribution in [0.3, 0.4) is 0 Å². The third kappa shape index (κ3) is 6.70. The number of amides is 1. The number of nitrogens with zero attached hydrogens (tertiary/aromatic N) is 1. The van der Waals surface area contributed by atoms with E-state index in [2.05, 4.69) is 11.6 Å². The Kier molecular flexibility index (Phi) is 8.88. The first-order valence-electron chi connectivity index (χ1n) is 12.0. The Morgan fingerprint density at radius 1 is 1.29 bits per heavy atom. The molecule has 2 N–H and O–H groups in total.